The summed E-state index contributed by atoms with van der Waals surface area (Å²) in [4.78, 5) is 28.9. The summed E-state index contributed by atoms with van der Waals surface area (Å²) in [5.74, 6) is -0.768. The van der Waals surface area contributed by atoms with Crippen LogP contribution in [0.5, 0.6) is 0 Å². The Hall–Kier alpha value is -1.98. The summed E-state index contributed by atoms with van der Waals surface area (Å²) in [6, 6.07) is 2.79. The Morgan fingerprint density at radius 3 is 2.76 bits per heavy atom. The van der Waals surface area contributed by atoms with Gasteiger partial charge in [-0.05, 0) is 25.3 Å². The lowest BCUT2D eigenvalue weighted by Crippen LogP contribution is -2.46. The molecule has 114 valence electrons. The predicted molar refractivity (Wildman–Crippen MR) is 76.2 cm³/mol. The van der Waals surface area contributed by atoms with Crippen molar-refractivity contribution in [3.63, 3.8) is 0 Å². The molecule has 2 amide bonds. The largest absolute Gasteiger partial charge is 0.353 e. The van der Waals surface area contributed by atoms with Gasteiger partial charge in [0, 0.05) is 43.4 Å². The molecule has 1 N–H and O–H groups in total. The molecule has 1 aliphatic rings. The molecule has 0 radical (unpaired) electrons. The third kappa shape index (κ3) is 4.24. The average Bonchev–Trinajstić information content (AvgIpc) is 2.47. The smallest absolute Gasteiger partial charge is 0.254 e. The fourth-order valence-electron chi connectivity index (χ4n) is 2.47. The number of amides is 2. The SMILES string of the molecule is CCCC(=O)NC1CCN(C(=O)c2ccnc(F)c2)CC1. The van der Waals surface area contributed by atoms with E-state index >= 15 is 0 Å². The topological polar surface area (TPSA) is 62.3 Å². The van der Waals surface area contributed by atoms with Gasteiger partial charge in [-0.1, -0.05) is 6.92 Å². The minimum absolute atomic E-state index is 0.0680. The van der Waals surface area contributed by atoms with E-state index in [1.165, 1.54) is 12.3 Å². The van der Waals surface area contributed by atoms with Gasteiger partial charge < -0.3 is 10.2 Å². The molecule has 1 aromatic rings. The van der Waals surface area contributed by atoms with Gasteiger partial charge >= 0.3 is 0 Å². The quantitative estimate of drug-likeness (QED) is 0.860. The van der Waals surface area contributed by atoms with E-state index in [4.69, 9.17) is 0 Å². The molecule has 1 saturated heterocycles. The standard InChI is InChI=1S/C15H20FN3O2/c1-2-3-14(20)18-12-5-8-19(9-6-12)15(21)11-4-7-17-13(16)10-11/h4,7,10,12H,2-3,5-6,8-9H2,1H3,(H,18,20). The second-order valence-corrected chi connectivity index (χ2v) is 5.25. The molecule has 1 fully saturated rings. The van der Waals surface area contributed by atoms with Crippen LogP contribution in [0.25, 0.3) is 0 Å². The van der Waals surface area contributed by atoms with Crippen molar-refractivity contribution in [2.24, 2.45) is 0 Å². The number of halogens is 1. The van der Waals surface area contributed by atoms with Crippen LogP contribution in [0, 0.1) is 5.95 Å². The van der Waals surface area contributed by atoms with Gasteiger partial charge in [-0.2, -0.15) is 4.39 Å². The van der Waals surface area contributed by atoms with Gasteiger partial charge in [0.05, 0.1) is 0 Å². The van der Waals surface area contributed by atoms with Crippen LogP contribution in [-0.4, -0.2) is 40.8 Å². The molecule has 21 heavy (non-hydrogen) atoms. The average molecular weight is 293 g/mol. The first-order valence-corrected chi connectivity index (χ1v) is 7.30. The number of piperidine rings is 1. The lowest BCUT2D eigenvalue weighted by Gasteiger charge is -2.32. The monoisotopic (exact) mass is 293 g/mol. The maximum absolute atomic E-state index is 13.0. The van der Waals surface area contributed by atoms with E-state index in [1.807, 2.05) is 6.92 Å². The van der Waals surface area contributed by atoms with Gasteiger partial charge in [0.15, 0.2) is 0 Å². The molecule has 2 heterocycles. The second-order valence-electron chi connectivity index (χ2n) is 5.25. The molecule has 0 spiro atoms. The van der Waals surface area contributed by atoms with Crippen molar-refractivity contribution in [1.82, 2.24) is 15.2 Å². The van der Waals surface area contributed by atoms with Crippen molar-refractivity contribution >= 4 is 11.8 Å². The summed E-state index contributed by atoms with van der Waals surface area (Å²) in [7, 11) is 0. The summed E-state index contributed by atoms with van der Waals surface area (Å²) in [6.07, 6.45) is 4.12. The minimum atomic E-state index is -0.650. The van der Waals surface area contributed by atoms with Gasteiger partial charge in [-0.3, -0.25) is 9.59 Å². The molecule has 5 nitrogen and oxygen atoms in total. The van der Waals surface area contributed by atoms with Crippen LogP contribution in [0.2, 0.25) is 0 Å². The Bertz CT molecular complexity index is 513. The molecule has 6 heteroatoms. The number of pyridine rings is 1. The first-order valence-electron chi connectivity index (χ1n) is 7.30. The fourth-order valence-corrected chi connectivity index (χ4v) is 2.47. The van der Waals surface area contributed by atoms with Crippen LogP contribution in [-0.2, 0) is 4.79 Å². The third-order valence-corrected chi connectivity index (χ3v) is 3.60. The third-order valence-electron chi connectivity index (χ3n) is 3.60. The molecule has 0 unspecified atom stereocenters. The van der Waals surface area contributed by atoms with E-state index in [9.17, 15) is 14.0 Å². The number of nitrogens with one attached hydrogen (secondary N) is 1. The first-order chi connectivity index (χ1) is 10.1. The lowest BCUT2D eigenvalue weighted by atomic mass is 10.0. The van der Waals surface area contributed by atoms with Gasteiger partial charge in [0.25, 0.3) is 5.91 Å². The van der Waals surface area contributed by atoms with E-state index in [2.05, 4.69) is 10.3 Å². The van der Waals surface area contributed by atoms with Crippen molar-refractivity contribution in [3.05, 3.63) is 29.8 Å². The van der Waals surface area contributed by atoms with E-state index in [0.717, 1.165) is 25.3 Å². The number of aromatic nitrogens is 1. The van der Waals surface area contributed by atoms with Crippen LogP contribution >= 0.6 is 0 Å². The zero-order valence-corrected chi connectivity index (χ0v) is 12.1. The van der Waals surface area contributed by atoms with Crippen LogP contribution in [0.4, 0.5) is 4.39 Å². The molecule has 0 bridgehead atoms. The molecule has 1 aliphatic heterocycles. The number of hydrogen-bond acceptors (Lipinski definition) is 3. The van der Waals surface area contributed by atoms with Crippen molar-refractivity contribution in [2.45, 2.75) is 38.6 Å². The molecule has 0 aromatic carbocycles. The molecule has 1 aromatic heterocycles. The van der Waals surface area contributed by atoms with Gasteiger partial charge in [-0.25, -0.2) is 4.98 Å². The zero-order chi connectivity index (χ0) is 15.2. The van der Waals surface area contributed by atoms with Crippen molar-refractivity contribution < 1.29 is 14.0 Å². The maximum atomic E-state index is 13.0. The Morgan fingerprint density at radius 2 is 2.14 bits per heavy atom. The van der Waals surface area contributed by atoms with Crippen LogP contribution in [0.1, 0.15) is 43.0 Å². The zero-order valence-electron chi connectivity index (χ0n) is 12.1. The summed E-state index contributed by atoms with van der Waals surface area (Å²) < 4.78 is 13.0. The van der Waals surface area contributed by atoms with E-state index < -0.39 is 5.95 Å². The van der Waals surface area contributed by atoms with E-state index in [1.54, 1.807) is 4.90 Å². The molecule has 2 rings (SSSR count). The molecular weight excluding hydrogens is 273 g/mol. The van der Waals surface area contributed by atoms with Crippen molar-refractivity contribution in [1.29, 1.82) is 0 Å². The number of rotatable bonds is 4. The summed E-state index contributed by atoms with van der Waals surface area (Å²) in [5.41, 5.74) is 0.316. The number of nitrogens with zero attached hydrogens (tertiary/aromatic N) is 2. The Balaban J connectivity index is 1.86. The highest BCUT2D eigenvalue weighted by Crippen LogP contribution is 2.14. The van der Waals surface area contributed by atoms with E-state index in [0.29, 0.717) is 25.1 Å². The minimum Gasteiger partial charge on any atom is -0.353 e. The Labute approximate surface area is 123 Å². The van der Waals surface area contributed by atoms with Gasteiger partial charge in [0.1, 0.15) is 0 Å². The van der Waals surface area contributed by atoms with Crippen molar-refractivity contribution in [3.8, 4) is 0 Å². The molecule has 0 aliphatic carbocycles. The summed E-state index contributed by atoms with van der Waals surface area (Å²) in [6.45, 7) is 3.11. The van der Waals surface area contributed by atoms with E-state index in [-0.39, 0.29) is 17.9 Å². The lowest BCUT2D eigenvalue weighted by molar-refractivity contribution is -0.122. The van der Waals surface area contributed by atoms with Crippen molar-refractivity contribution in [2.75, 3.05) is 13.1 Å². The van der Waals surface area contributed by atoms with Gasteiger partial charge in [-0.15, -0.1) is 0 Å². The van der Waals surface area contributed by atoms with Gasteiger partial charge in [0.2, 0.25) is 11.9 Å². The molecular formula is C15H20FN3O2. The molecule has 0 atom stereocenters. The molecule has 0 saturated carbocycles. The number of carbonyl (C=O) groups is 2. The second kappa shape index (κ2) is 7.15. The highest BCUT2D eigenvalue weighted by Gasteiger charge is 2.24. The predicted octanol–water partition coefficient (Wildman–Crippen LogP) is 1.74. The highest BCUT2D eigenvalue weighted by molar-refractivity contribution is 5.94. The Kier molecular flexibility index (Phi) is 5.25. The van der Waals surface area contributed by atoms with Crippen LogP contribution in [0.3, 0.4) is 0 Å². The Morgan fingerprint density at radius 1 is 1.43 bits per heavy atom. The number of likely N-dealkylation sites (tertiary alicyclic amines) is 1. The fraction of sp³-hybridized carbons (Fsp3) is 0.533. The summed E-state index contributed by atoms with van der Waals surface area (Å²) in [5, 5.41) is 2.98. The normalized spacial score (nSPS) is 15.8. The summed E-state index contributed by atoms with van der Waals surface area (Å²) >= 11 is 0. The number of carbonyl (C=O) groups excluding carboxylic acids is 2. The highest BCUT2D eigenvalue weighted by atomic mass is 19.1. The van der Waals surface area contributed by atoms with Crippen LogP contribution in [0.15, 0.2) is 18.3 Å². The van der Waals surface area contributed by atoms with Crippen LogP contribution < -0.4 is 5.32 Å². The number of hydrogen-bond donors (Lipinski definition) is 1. The maximum Gasteiger partial charge on any atom is 0.254 e. The first kappa shape index (κ1) is 15.4.